The summed E-state index contributed by atoms with van der Waals surface area (Å²) in [6.07, 6.45) is 0.278. The van der Waals surface area contributed by atoms with Gasteiger partial charge >= 0.3 is 6.09 Å². The molecule has 3 aromatic rings. The quantitative estimate of drug-likeness (QED) is 0.533. The zero-order valence-corrected chi connectivity index (χ0v) is 20.2. The van der Waals surface area contributed by atoms with E-state index in [-0.39, 0.29) is 17.9 Å². The molecule has 1 aliphatic heterocycles. The molecular weight excluding hydrogens is 434 g/mol. The normalized spacial score (nSPS) is 17.3. The van der Waals surface area contributed by atoms with E-state index in [9.17, 15) is 9.59 Å². The summed E-state index contributed by atoms with van der Waals surface area (Å²) >= 11 is 1.55. The lowest BCUT2D eigenvalue weighted by Crippen LogP contribution is -2.42. The molecular formula is C26H29N3O3S. The Balaban J connectivity index is 1.75. The van der Waals surface area contributed by atoms with Crippen molar-refractivity contribution in [3.63, 3.8) is 0 Å². The summed E-state index contributed by atoms with van der Waals surface area (Å²) in [7, 11) is 3.84. The number of hydrogen-bond acceptors (Lipinski definition) is 5. The number of hydrogen-bond donors (Lipinski definition) is 1. The highest BCUT2D eigenvalue weighted by Gasteiger charge is 2.38. The summed E-state index contributed by atoms with van der Waals surface area (Å²) in [6.45, 7) is 4.66. The molecule has 1 aromatic heterocycles. The molecule has 0 radical (unpaired) electrons. The highest BCUT2D eigenvalue weighted by atomic mass is 32.1. The Kier molecular flexibility index (Phi) is 6.42. The lowest BCUT2D eigenvalue weighted by molar-refractivity contribution is -0.116. The lowest BCUT2D eigenvalue weighted by atomic mass is 9.70. The van der Waals surface area contributed by atoms with Gasteiger partial charge in [0, 0.05) is 43.5 Å². The number of thiophene rings is 1. The molecule has 0 bridgehead atoms. The standard InChI is InChI=1S/C26H29N3O3S/c1-18(30)29-13-12-26(2,19-9-6-5-7-10-19)21-15-22(24(28(3)4)16-23(21)29)27-25(31)32-17-20-11-8-14-33-20/h5-11,14-16H,12-13,17H2,1-4H3,(H,27,31). The SMILES string of the molecule is CC(=O)N1CCC(C)(c2ccccc2)c2cc(NC(=O)OCc3cccs3)c(N(C)C)cc21. The zero-order chi connectivity index (χ0) is 23.6. The van der Waals surface area contributed by atoms with Crippen LogP contribution >= 0.6 is 11.3 Å². The molecule has 0 aliphatic carbocycles. The van der Waals surface area contributed by atoms with Gasteiger partial charge in [0.25, 0.3) is 0 Å². The van der Waals surface area contributed by atoms with Crippen molar-refractivity contribution in [2.24, 2.45) is 0 Å². The van der Waals surface area contributed by atoms with Gasteiger partial charge in [-0.15, -0.1) is 11.3 Å². The lowest BCUT2D eigenvalue weighted by Gasteiger charge is -2.42. The third-order valence-corrected chi connectivity index (χ3v) is 7.12. The summed E-state index contributed by atoms with van der Waals surface area (Å²) in [6, 6.07) is 18.2. The fraction of sp³-hybridized carbons (Fsp3) is 0.308. The summed E-state index contributed by atoms with van der Waals surface area (Å²) in [5.74, 6) is 0.00661. The Labute approximate surface area is 198 Å². The molecule has 0 fully saturated rings. The Morgan fingerprint density at radius 1 is 1.15 bits per heavy atom. The molecule has 0 saturated heterocycles. The van der Waals surface area contributed by atoms with E-state index < -0.39 is 6.09 Å². The average molecular weight is 464 g/mol. The molecule has 1 atom stereocenters. The minimum atomic E-state index is -0.507. The largest absolute Gasteiger partial charge is 0.444 e. The van der Waals surface area contributed by atoms with Crippen molar-refractivity contribution in [3.05, 3.63) is 76.0 Å². The zero-order valence-electron chi connectivity index (χ0n) is 19.4. The van der Waals surface area contributed by atoms with Gasteiger partial charge in [-0.2, -0.15) is 0 Å². The van der Waals surface area contributed by atoms with Crippen LogP contribution in [0.4, 0.5) is 21.9 Å². The third kappa shape index (κ3) is 4.59. The van der Waals surface area contributed by atoms with Gasteiger partial charge in [-0.05, 0) is 41.1 Å². The third-order valence-electron chi connectivity index (χ3n) is 6.27. The van der Waals surface area contributed by atoms with E-state index in [2.05, 4.69) is 24.4 Å². The molecule has 1 aliphatic rings. The number of fused-ring (bicyclic) bond motifs is 1. The maximum atomic E-state index is 12.6. The highest BCUT2D eigenvalue weighted by molar-refractivity contribution is 7.09. The van der Waals surface area contributed by atoms with Crippen molar-refractivity contribution in [1.82, 2.24) is 0 Å². The number of amides is 2. The first kappa shape index (κ1) is 22.9. The molecule has 33 heavy (non-hydrogen) atoms. The number of anilines is 3. The second kappa shape index (κ2) is 9.27. The molecule has 1 unspecified atom stereocenters. The average Bonchev–Trinajstić information content (AvgIpc) is 3.32. The number of carbonyl (C=O) groups excluding carboxylic acids is 2. The highest BCUT2D eigenvalue weighted by Crippen LogP contribution is 2.47. The van der Waals surface area contributed by atoms with Crippen molar-refractivity contribution >= 4 is 40.4 Å². The molecule has 1 N–H and O–H groups in total. The number of benzene rings is 2. The summed E-state index contributed by atoms with van der Waals surface area (Å²) < 4.78 is 5.44. The van der Waals surface area contributed by atoms with Crippen molar-refractivity contribution in [2.75, 3.05) is 35.8 Å². The number of nitrogens with zero attached hydrogens (tertiary/aromatic N) is 2. The molecule has 7 heteroatoms. The van der Waals surface area contributed by atoms with Gasteiger partial charge in [-0.1, -0.05) is 43.3 Å². The first-order valence-corrected chi connectivity index (χ1v) is 11.8. The maximum absolute atomic E-state index is 12.6. The topological polar surface area (TPSA) is 61.9 Å². The summed E-state index contributed by atoms with van der Waals surface area (Å²) in [5.41, 5.74) is 4.23. The second-order valence-electron chi connectivity index (χ2n) is 8.68. The number of rotatable bonds is 5. The smallest absolute Gasteiger partial charge is 0.412 e. The van der Waals surface area contributed by atoms with Gasteiger partial charge in [-0.3, -0.25) is 10.1 Å². The van der Waals surface area contributed by atoms with Gasteiger partial charge in [-0.25, -0.2) is 4.79 Å². The first-order chi connectivity index (χ1) is 15.8. The summed E-state index contributed by atoms with van der Waals surface area (Å²) in [4.78, 5) is 29.9. The van der Waals surface area contributed by atoms with Crippen molar-refractivity contribution in [3.8, 4) is 0 Å². The molecule has 2 amide bonds. The molecule has 6 nitrogen and oxygen atoms in total. The minimum absolute atomic E-state index is 0.00661. The van der Waals surface area contributed by atoms with Crippen LogP contribution in [0, 0.1) is 0 Å². The van der Waals surface area contributed by atoms with Crippen molar-refractivity contribution < 1.29 is 14.3 Å². The van der Waals surface area contributed by atoms with Crippen LogP contribution in [0.15, 0.2) is 60.0 Å². The number of carbonyl (C=O) groups is 2. The molecule has 4 rings (SSSR count). The predicted molar refractivity (Wildman–Crippen MR) is 134 cm³/mol. The van der Waals surface area contributed by atoms with Crippen LogP contribution in [-0.4, -0.2) is 32.6 Å². The maximum Gasteiger partial charge on any atom is 0.412 e. The van der Waals surface area contributed by atoms with E-state index in [1.807, 2.05) is 71.7 Å². The Hall–Kier alpha value is -3.32. The summed E-state index contributed by atoms with van der Waals surface area (Å²) in [5, 5.41) is 4.89. The van der Waals surface area contributed by atoms with Crippen LogP contribution in [0.25, 0.3) is 0 Å². The van der Waals surface area contributed by atoms with Gasteiger partial charge in [0.2, 0.25) is 5.91 Å². The van der Waals surface area contributed by atoms with E-state index >= 15 is 0 Å². The number of nitrogens with one attached hydrogen (secondary N) is 1. The van der Waals surface area contributed by atoms with Gasteiger partial charge in [0.05, 0.1) is 11.4 Å². The van der Waals surface area contributed by atoms with Gasteiger partial charge in [0.15, 0.2) is 0 Å². The van der Waals surface area contributed by atoms with E-state index in [1.165, 1.54) is 5.56 Å². The minimum Gasteiger partial charge on any atom is -0.444 e. The molecule has 0 spiro atoms. The van der Waals surface area contributed by atoms with E-state index in [4.69, 9.17) is 4.74 Å². The molecule has 0 saturated carbocycles. The molecule has 2 aromatic carbocycles. The van der Waals surface area contributed by atoms with Crippen LogP contribution in [0.1, 0.15) is 36.3 Å². The first-order valence-electron chi connectivity index (χ1n) is 11.0. The molecule has 2 heterocycles. The van der Waals surface area contributed by atoms with Crippen molar-refractivity contribution in [1.29, 1.82) is 0 Å². The van der Waals surface area contributed by atoms with E-state index in [1.54, 1.807) is 18.3 Å². The fourth-order valence-electron chi connectivity index (χ4n) is 4.41. The monoisotopic (exact) mass is 463 g/mol. The van der Waals surface area contributed by atoms with Gasteiger partial charge < -0.3 is 14.5 Å². The van der Waals surface area contributed by atoms with Crippen LogP contribution in [-0.2, 0) is 21.6 Å². The fourth-order valence-corrected chi connectivity index (χ4v) is 5.03. The van der Waals surface area contributed by atoms with E-state index in [0.717, 1.165) is 28.2 Å². The van der Waals surface area contributed by atoms with Crippen LogP contribution in [0.2, 0.25) is 0 Å². The molecule has 172 valence electrons. The van der Waals surface area contributed by atoms with Crippen LogP contribution in [0.3, 0.4) is 0 Å². The Morgan fingerprint density at radius 2 is 1.91 bits per heavy atom. The second-order valence-corrected chi connectivity index (χ2v) is 9.71. The van der Waals surface area contributed by atoms with Crippen LogP contribution < -0.4 is 15.1 Å². The number of ether oxygens (including phenoxy) is 1. The predicted octanol–water partition coefficient (Wildman–Crippen LogP) is 5.63. The Bertz CT molecular complexity index is 1150. The van der Waals surface area contributed by atoms with E-state index in [0.29, 0.717) is 12.2 Å². The van der Waals surface area contributed by atoms with Crippen molar-refractivity contribution in [2.45, 2.75) is 32.3 Å². The van der Waals surface area contributed by atoms with Crippen LogP contribution in [0.5, 0.6) is 0 Å². The Morgan fingerprint density at radius 3 is 2.55 bits per heavy atom. The van der Waals surface area contributed by atoms with Gasteiger partial charge in [0.1, 0.15) is 6.61 Å².